The molecule has 1 aliphatic rings. The summed E-state index contributed by atoms with van der Waals surface area (Å²) in [5.74, 6) is -2.38. The first kappa shape index (κ1) is 13.5. The van der Waals surface area contributed by atoms with E-state index in [1.807, 2.05) is 0 Å². The first-order valence-electron chi connectivity index (χ1n) is 6.26. The lowest BCUT2D eigenvalue weighted by Crippen LogP contribution is -2.21. The molecule has 2 aromatic rings. The van der Waals surface area contributed by atoms with Crippen molar-refractivity contribution in [1.82, 2.24) is 4.57 Å². The monoisotopic (exact) mass is 293 g/mol. The topological polar surface area (TPSA) is 85.3 Å². The molecule has 2 atom stereocenters. The van der Waals surface area contributed by atoms with Crippen LogP contribution in [0.3, 0.4) is 0 Å². The summed E-state index contributed by atoms with van der Waals surface area (Å²) in [7, 11) is 0. The van der Waals surface area contributed by atoms with Gasteiger partial charge in [0.2, 0.25) is 5.43 Å². The summed E-state index contributed by atoms with van der Waals surface area (Å²) in [4.78, 5) is 23.4. The predicted molar refractivity (Wildman–Crippen MR) is 71.7 cm³/mol. The average molecular weight is 293 g/mol. The smallest absolute Gasteiger partial charge is 0.341 e. The lowest BCUT2D eigenvalue weighted by Gasteiger charge is -2.15. The number of alkyl halides is 1. The molecule has 1 fully saturated rings. The number of rotatable bonds is 2. The third-order valence-corrected chi connectivity index (χ3v) is 3.66. The van der Waals surface area contributed by atoms with E-state index in [1.165, 1.54) is 11.5 Å². The van der Waals surface area contributed by atoms with E-state index in [0.29, 0.717) is 0 Å². The van der Waals surface area contributed by atoms with Gasteiger partial charge in [0, 0.05) is 18.7 Å². The van der Waals surface area contributed by atoms with Gasteiger partial charge in [-0.3, -0.25) is 4.79 Å². The number of fused-ring (bicyclic) bond motifs is 1. The van der Waals surface area contributed by atoms with Gasteiger partial charge in [-0.1, -0.05) is 0 Å². The van der Waals surface area contributed by atoms with Gasteiger partial charge in [0.25, 0.3) is 0 Å². The molecule has 109 valence electrons. The molecule has 1 aromatic heterocycles. The lowest BCUT2D eigenvalue weighted by molar-refractivity contribution is 0.0694. The summed E-state index contributed by atoms with van der Waals surface area (Å²) in [6.45, 7) is 1.51. The second-order valence-electron chi connectivity index (χ2n) is 5.10. The minimum Gasteiger partial charge on any atom is -0.477 e. The van der Waals surface area contributed by atoms with Crippen LogP contribution in [0.25, 0.3) is 10.9 Å². The zero-order valence-electron chi connectivity index (χ0n) is 11.0. The number of pyridine rings is 1. The normalized spacial score (nSPS) is 20.7. The molecule has 1 radical (unpaired) electrons. The van der Waals surface area contributed by atoms with E-state index >= 15 is 0 Å². The number of carbonyl (C=O) groups is 1. The predicted octanol–water partition coefficient (Wildman–Crippen LogP) is 1.81. The molecule has 0 bridgehead atoms. The number of nitrogen functional groups attached to an aromatic ring is 1. The van der Waals surface area contributed by atoms with Crippen LogP contribution in [0.15, 0.2) is 11.0 Å². The molecule has 0 unspecified atom stereocenters. The van der Waals surface area contributed by atoms with Crippen molar-refractivity contribution in [3.8, 4) is 0 Å². The van der Waals surface area contributed by atoms with Gasteiger partial charge in [-0.05, 0) is 12.5 Å². The van der Waals surface area contributed by atoms with Crippen molar-refractivity contribution in [2.75, 3.05) is 5.73 Å². The fourth-order valence-corrected chi connectivity index (χ4v) is 2.52. The fraction of sp³-hybridized carbons (Fsp3) is 0.286. The molecule has 1 saturated carbocycles. The molecule has 3 rings (SSSR count). The van der Waals surface area contributed by atoms with Gasteiger partial charge in [0.05, 0.1) is 22.6 Å². The van der Waals surface area contributed by atoms with Gasteiger partial charge in [-0.15, -0.1) is 0 Å². The van der Waals surface area contributed by atoms with Crippen LogP contribution in [0.5, 0.6) is 0 Å². The standard InChI is InChI=1S/C14H11F2N2O3/c1-5-2-8(16)11(17)10-12(5)18(9-3-7(9)15)4-6(13(10)19)14(20)21/h4,7,9H,3,17H2,1H3,(H,20,21)/t7-,9+/m0/s1. The Bertz CT molecular complexity index is 844. The molecular formula is C14H11F2N2O3. The largest absolute Gasteiger partial charge is 0.477 e. The summed E-state index contributed by atoms with van der Waals surface area (Å²) in [5, 5.41) is 8.86. The molecule has 7 heteroatoms. The van der Waals surface area contributed by atoms with E-state index < -0.39 is 40.7 Å². The van der Waals surface area contributed by atoms with Crippen LogP contribution in [0.1, 0.15) is 28.4 Å². The maximum absolute atomic E-state index is 13.7. The minimum atomic E-state index is -1.46. The highest BCUT2D eigenvalue weighted by atomic mass is 19.1. The zero-order chi connectivity index (χ0) is 15.5. The van der Waals surface area contributed by atoms with Crippen molar-refractivity contribution in [3.05, 3.63) is 39.4 Å². The third-order valence-electron chi connectivity index (χ3n) is 3.66. The number of hydrogen-bond acceptors (Lipinski definition) is 3. The first-order chi connectivity index (χ1) is 9.82. The van der Waals surface area contributed by atoms with Crippen LogP contribution in [0.2, 0.25) is 0 Å². The van der Waals surface area contributed by atoms with Crippen molar-refractivity contribution < 1.29 is 18.7 Å². The number of hydrogen-bond donors (Lipinski definition) is 2. The van der Waals surface area contributed by atoms with Crippen LogP contribution in [-0.2, 0) is 0 Å². The Morgan fingerprint density at radius 3 is 2.71 bits per heavy atom. The van der Waals surface area contributed by atoms with Gasteiger partial charge in [0.15, 0.2) is 5.82 Å². The van der Waals surface area contributed by atoms with E-state index in [9.17, 15) is 18.4 Å². The Balaban J connectivity index is 2.52. The zero-order valence-corrected chi connectivity index (χ0v) is 11.0. The molecule has 5 nitrogen and oxygen atoms in total. The summed E-state index contributed by atoms with van der Waals surface area (Å²) >= 11 is 0. The van der Waals surface area contributed by atoms with E-state index in [2.05, 4.69) is 6.07 Å². The average Bonchev–Trinajstić information content (AvgIpc) is 3.12. The molecule has 0 aliphatic heterocycles. The summed E-state index contributed by atoms with van der Waals surface area (Å²) in [6, 6.07) is 1.81. The van der Waals surface area contributed by atoms with Gasteiger partial charge in [-0.2, -0.15) is 0 Å². The van der Waals surface area contributed by atoms with Crippen molar-refractivity contribution in [2.45, 2.75) is 25.6 Å². The lowest BCUT2D eigenvalue weighted by atomic mass is 10.0. The third kappa shape index (κ3) is 1.88. The number of nitrogens with two attached hydrogens (primary N) is 1. The minimum absolute atomic E-state index is 0.216. The Morgan fingerprint density at radius 1 is 1.57 bits per heavy atom. The fourth-order valence-electron chi connectivity index (χ4n) is 2.52. The van der Waals surface area contributed by atoms with Crippen molar-refractivity contribution >= 4 is 22.6 Å². The van der Waals surface area contributed by atoms with Gasteiger partial charge in [0.1, 0.15) is 11.7 Å². The van der Waals surface area contributed by atoms with E-state index in [-0.39, 0.29) is 22.9 Å². The second-order valence-corrected chi connectivity index (χ2v) is 5.10. The summed E-state index contributed by atoms with van der Waals surface area (Å²) < 4.78 is 28.4. The number of carboxylic acids is 1. The highest BCUT2D eigenvalue weighted by Gasteiger charge is 2.40. The number of anilines is 1. The maximum Gasteiger partial charge on any atom is 0.341 e. The Hall–Kier alpha value is -2.44. The summed E-state index contributed by atoms with van der Waals surface area (Å²) in [5.41, 5.74) is 4.19. The van der Waals surface area contributed by atoms with E-state index in [1.54, 1.807) is 0 Å². The molecule has 1 heterocycles. The Kier molecular flexibility index (Phi) is 2.76. The number of halogens is 2. The number of aromatic nitrogens is 1. The van der Waals surface area contributed by atoms with Crippen molar-refractivity contribution in [3.63, 3.8) is 0 Å². The molecule has 0 spiro atoms. The van der Waals surface area contributed by atoms with Gasteiger partial charge < -0.3 is 15.4 Å². The quantitative estimate of drug-likeness (QED) is 0.827. The maximum atomic E-state index is 13.7. The molecule has 0 amide bonds. The highest BCUT2D eigenvalue weighted by Crippen LogP contribution is 2.41. The molecule has 3 N–H and O–H groups in total. The molecule has 21 heavy (non-hydrogen) atoms. The van der Waals surface area contributed by atoms with E-state index in [4.69, 9.17) is 10.8 Å². The number of aryl methyl sites for hydroxylation is 1. The SMILES string of the molecule is Cc1[c]c(F)c(N)c2c(=O)c(C(=O)O)cn([C@@H]3C[C@@H]3F)c12. The first-order valence-corrected chi connectivity index (χ1v) is 6.26. The number of aromatic carboxylic acids is 1. The molecule has 1 aliphatic carbocycles. The van der Waals surface area contributed by atoms with Crippen LogP contribution >= 0.6 is 0 Å². The van der Waals surface area contributed by atoms with Crippen LogP contribution in [0, 0.1) is 18.8 Å². The van der Waals surface area contributed by atoms with Crippen molar-refractivity contribution in [1.29, 1.82) is 0 Å². The number of carboxylic acid groups (broad SMARTS) is 1. The Morgan fingerprint density at radius 2 is 2.19 bits per heavy atom. The van der Waals surface area contributed by atoms with Crippen LogP contribution in [0.4, 0.5) is 14.5 Å². The van der Waals surface area contributed by atoms with Crippen molar-refractivity contribution in [2.24, 2.45) is 0 Å². The van der Waals surface area contributed by atoms with Crippen LogP contribution in [-0.4, -0.2) is 21.8 Å². The molecular weight excluding hydrogens is 282 g/mol. The number of nitrogens with zero attached hydrogens (tertiary/aromatic N) is 1. The summed E-state index contributed by atoms with van der Waals surface area (Å²) in [6.07, 6.45) is 0.187. The number of benzene rings is 1. The van der Waals surface area contributed by atoms with Gasteiger partial charge in [-0.25, -0.2) is 13.6 Å². The van der Waals surface area contributed by atoms with Crippen LogP contribution < -0.4 is 11.2 Å². The molecule has 0 saturated heterocycles. The second kappa shape index (κ2) is 4.28. The van der Waals surface area contributed by atoms with Gasteiger partial charge >= 0.3 is 5.97 Å². The highest BCUT2D eigenvalue weighted by molar-refractivity contribution is 5.98. The molecule has 1 aromatic carbocycles. The Labute approximate surface area is 117 Å². The van der Waals surface area contributed by atoms with E-state index in [0.717, 1.165) is 6.20 Å².